The van der Waals surface area contributed by atoms with Crippen molar-refractivity contribution in [2.24, 2.45) is 0 Å². The lowest BCUT2D eigenvalue weighted by atomic mass is 10.0. The Balaban J connectivity index is 4.51. The second kappa shape index (κ2) is 49.7. The van der Waals surface area contributed by atoms with Gasteiger partial charge in [0.25, 0.3) is 0 Å². The molecular formula is C56H90O6. The fraction of sp³-hybridized carbons (Fsp3) is 0.625. The van der Waals surface area contributed by atoms with Crippen molar-refractivity contribution in [1.82, 2.24) is 0 Å². The molecule has 1 atom stereocenters. The first-order chi connectivity index (χ1) is 30.5. The zero-order valence-electron chi connectivity index (χ0n) is 39.8. The maximum Gasteiger partial charge on any atom is 0.306 e. The summed E-state index contributed by atoms with van der Waals surface area (Å²) in [5.41, 5.74) is 0. The molecule has 0 aliphatic rings. The van der Waals surface area contributed by atoms with E-state index in [-0.39, 0.29) is 31.1 Å². The summed E-state index contributed by atoms with van der Waals surface area (Å²) in [7, 11) is 0. The van der Waals surface area contributed by atoms with Gasteiger partial charge in [-0.2, -0.15) is 0 Å². The van der Waals surface area contributed by atoms with Crippen molar-refractivity contribution in [3.63, 3.8) is 0 Å². The molecule has 0 fully saturated rings. The van der Waals surface area contributed by atoms with Gasteiger partial charge >= 0.3 is 17.9 Å². The summed E-state index contributed by atoms with van der Waals surface area (Å²) >= 11 is 0. The van der Waals surface area contributed by atoms with Crippen molar-refractivity contribution >= 4 is 17.9 Å². The molecule has 0 aliphatic heterocycles. The molecule has 0 radical (unpaired) electrons. The average molecular weight is 859 g/mol. The van der Waals surface area contributed by atoms with Crippen LogP contribution >= 0.6 is 0 Å². The molecule has 0 aliphatic carbocycles. The van der Waals surface area contributed by atoms with Crippen molar-refractivity contribution in [2.45, 2.75) is 213 Å². The Bertz CT molecular complexity index is 1310. The first-order valence-corrected chi connectivity index (χ1v) is 25.0. The molecule has 62 heavy (non-hydrogen) atoms. The fourth-order valence-corrected chi connectivity index (χ4v) is 6.46. The molecule has 0 aromatic carbocycles. The van der Waals surface area contributed by atoms with Crippen LogP contribution in [0.4, 0.5) is 0 Å². The van der Waals surface area contributed by atoms with E-state index >= 15 is 0 Å². The summed E-state index contributed by atoms with van der Waals surface area (Å²) < 4.78 is 16.7. The Labute approximate surface area is 380 Å². The number of hydrogen-bond donors (Lipinski definition) is 0. The maximum absolute atomic E-state index is 12.8. The van der Waals surface area contributed by atoms with Gasteiger partial charge < -0.3 is 14.2 Å². The monoisotopic (exact) mass is 859 g/mol. The van der Waals surface area contributed by atoms with E-state index in [1.54, 1.807) is 0 Å². The van der Waals surface area contributed by atoms with E-state index in [1.807, 2.05) is 72.9 Å². The molecule has 6 heteroatoms. The second-order valence-electron chi connectivity index (χ2n) is 16.2. The number of unbranched alkanes of at least 4 members (excludes halogenated alkanes) is 21. The Morgan fingerprint density at radius 3 is 1.05 bits per heavy atom. The molecular weight excluding hydrogens is 769 g/mol. The first-order valence-electron chi connectivity index (χ1n) is 25.0. The smallest absolute Gasteiger partial charge is 0.306 e. The number of carbonyl (C=O) groups excluding carboxylic acids is 3. The Morgan fingerprint density at radius 2 is 0.645 bits per heavy atom. The summed E-state index contributed by atoms with van der Waals surface area (Å²) in [5, 5.41) is 0. The Kier molecular flexibility index (Phi) is 46.6. The minimum absolute atomic E-state index is 0.108. The van der Waals surface area contributed by atoms with Crippen LogP contribution < -0.4 is 0 Å². The molecule has 6 nitrogen and oxygen atoms in total. The predicted octanol–water partition coefficient (Wildman–Crippen LogP) is 16.4. The highest BCUT2D eigenvalue weighted by atomic mass is 16.6. The Morgan fingerprint density at radius 1 is 0.339 bits per heavy atom. The van der Waals surface area contributed by atoms with E-state index in [1.165, 1.54) is 83.5 Å². The van der Waals surface area contributed by atoms with E-state index in [4.69, 9.17) is 14.2 Å². The van der Waals surface area contributed by atoms with E-state index in [9.17, 15) is 14.4 Å². The highest BCUT2D eigenvalue weighted by Gasteiger charge is 2.19. The Hall–Kier alpha value is -3.93. The zero-order valence-corrected chi connectivity index (χ0v) is 39.8. The standard InChI is InChI=1S/C56H90O6/c1-4-7-10-13-16-19-22-24-26-27-28-29-30-32-34-37-40-43-46-49-55(58)61-52-53(51-60-54(57)48-45-42-39-36-33-21-18-15-12-9-6-3)62-56(59)50-47-44-41-38-35-31-25-23-20-17-14-11-8-5-2/h7,10,13,15-16,18-19,21-22,24,26-30,32-34,53H,4-6,8-9,11-12,14,17,20,23,25,31,35-52H2,1-3H3/b10-7-,16-13-,18-15-,22-19-,26-24-,28-27+,30-29-,33-21-,34-32-. The summed E-state index contributed by atoms with van der Waals surface area (Å²) in [6.45, 7) is 6.36. The molecule has 0 saturated carbocycles. The normalized spacial score (nSPS) is 13.0. The summed E-state index contributed by atoms with van der Waals surface area (Å²) in [5.74, 6) is -0.984. The lowest BCUT2D eigenvalue weighted by Crippen LogP contribution is -2.30. The fourth-order valence-electron chi connectivity index (χ4n) is 6.46. The SMILES string of the molecule is CC\C=C/C=C\C=C/C=C\C=C\C=C/C=C\CCCCCC(=O)OCC(COC(=O)CCCCC/C=C\C=C/CCCC)OC(=O)CCCCCCCCCCCCCCCC. The van der Waals surface area contributed by atoms with Crippen LogP contribution in [-0.2, 0) is 28.6 Å². The van der Waals surface area contributed by atoms with Gasteiger partial charge in [-0.1, -0.05) is 239 Å². The molecule has 350 valence electrons. The third-order valence-electron chi connectivity index (χ3n) is 10.2. The van der Waals surface area contributed by atoms with Crippen molar-refractivity contribution in [2.75, 3.05) is 13.2 Å². The third-order valence-corrected chi connectivity index (χ3v) is 10.2. The molecule has 1 unspecified atom stereocenters. The minimum atomic E-state index is -0.807. The minimum Gasteiger partial charge on any atom is -0.462 e. The van der Waals surface area contributed by atoms with Gasteiger partial charge in [0.05, 0.1) is 0 Å². The molecule has 0 rings (SSSR count). The predicted molar refractivity (Wildman–Crippen MR) is 265 cm³/mol. The molecule has 0 aromatic heterocycles. The van der Waals surface area contributed by atoms with Crippen LogP contribution in [0.15, 0.2) is 109 Å². The largest absolute Gasteiger partial charge is 0.462 e. The van der Waals surface area contributed by atoms with Crippen LogP contribution in [0.1, 0.15) is 207 Å². The molecule has 0 amide bonds. The van der Waals surface area contributed by atoms with Gasteiger partial charge in [-0.25, -0.2) is 0 Å². The van der Waals surface area contributed by atoms with Crippen LogP contribution in [0.5, 0.6) is 0 Å². The molecule has 0 spiro atoms. The highest BCUT2D eigenvalue weighted by molar-refractivity contribution is 5.71. The van der Waals surface area contributed by atoms with Gasteiger partial charge in [-0.05, 0) is 57.8 Å². The van der Waals surface area contributed by atoms with E-state index in [0.717, 1.165) is 83.5 Å². The number of allylic oxidation sites excluding steroid dienone is 18. The average Bonchev–Trinajstić information content (AvgIpc) is 3.27. The van der Waals surface area contributed by atoms with Crippen LogP contribution in [0.3, 0.4) is 0 Å². The first kappa shape index (κ1) is 58.1. The summed E-state index contributed by atoms with van der Waals surface area (Å²) in [4.78, 5) is 37.9. The number of carbonyl (C=O) groups is 3. The van der Waals surface area contributed by atoms with E-state index < -0.39 is 6.10 Å². The van der Waals surface area contributed by atoms with Crippen LogP contribution in [0.25, 0.3) is 0 Å². The van der Waals surface area contributed by atoms with Crippen molar-refractivity contribution in [3.8, 4) is 0 Å². The second-order valence-corrected chi connectivity index (χ2v) is 16.2. The molecule has 0 saturated heterocycles. The van der Waals surface area contributed by atoms with Crippen LogP contribution in [0.2, 0.25) is 0 Å². The maximum atomic E-state index is 12.8. The lowest BCUT2D eigenvalue weighted by Gasteiger charge is -2.18. The lowest BCUT2D eigenvalue weighted by molar-refractivity contribution is -0.167. The van der Waals surface area contributed by atoms with Gasteiger partial charge in [0.15, 0.2) is 6.10 Å². The molecule has 0 bridgehead atoms. The van der Waals surface area contributed by atoms with Gasteiger partial charge in [0.1, 0.15) is 13.2 Å². The molecule has 0 aromatic rings. The van der Waals surface area contributed by atoms with Gasteiger partial charge in [-0.3, -0.25) is 14.4 Å². The summed E-state index contributed by atoms with van der Waals surface area (Å²) in [6.07, 6.45) is 66.4. The van der Waals surface area contributed by atoms with Crippen molar-refractivity contribution in [1.29, 1.82) is 0 Å². The summed E-state index contributed by atoms with van der Waals surface area (Å²) in [6, 6.07) is 0. The van der Waals surface area contributed by atoms with Crippen molar-refractivity contribution in [3.05, 3.63) is 109 Å². The molecule has 0 heterocycles. The van der Waals surface area contributed by atoms with Gasteiger partial charge in [-0.15, -0.1) is 0 Å². The third kappa shape index (κ3) is 47.1. The van der Waals surface area contributed by atoms with Gasteiger partial charge in [0.2, 0.25) is 0 Å². The number of rotatable bonds is 43. The number of ether oxygens (including phenoxy) is 3. The zero-order chi connectivity index (χ0) is 45.1. The van der Waals surface area contributed by atoms with Crippen LogP contribution in [-0.4, -0.2) is 37.2 Å². The number of hydrogen-bond acceptors (Lipinski definition) is 6. The van der Waals surface area contributed by atoms with Crippen LogP contribution in [0, 0.1) is 0 Å². The quantitative estimate of drug-likeness (QED) is 0.0263. The van der Waals surface area contributed by atoms with E-state index in [2.05, 4.69) is 57.2 Å². The molecule has 0 N–H and O–H groups in total. The topological polar surface area (TPSA) is 78.9 Å². The number of esters is 3. The highest BCUT2D eigenvalue weighted by Crippen LogP contribution is 2.14. The van der Waals surface area contributed by atoms with Crippen molar-refractivity contribution < 1.29 is 28.6 Å². The van der Waals surface area contributed by atoms with Gasteiger partial charge in [0, 0.05) is 19.3 Å². The van der Waals surface area contributed by atoms with E-state index in [0.29, 0.717) is 19.3 Å².